The van der Waals surface area contributed by atoms with Crippen LogP contribution in [0.2, 0.25) is 0 Å². The second-order valence-corrected chi connectivity index (χ2v) is 7.79. The van der Waals surface area contributed by atoms with Crippen LogP contribution >= 0.6 is 11.8 Å². The Hall–Kier alpha value is -3.33. The van der Waals surface area contributed by atoms with Crippen molar-refractivity contribution in [2.24, 2.45) is 0 Å². The van der Waals surface area contributed by atoms with Gasteiger partial charge in [-0.25, -0.2) is 0 Å². The Morgan fingerprint density at radius 3 is 2.86 bits per heavy atom. The van der Waals surface area contributed by atoms with Gasteiger partial charge in [0.1, 0.15) is 6.04 Å². The molecule has 3 aromatic rings. The molecule has 1 atom stereocenters. The molecule has 1 saturated heterocycles. The van der Waals surface area contributed by atoms with Gasteiger partial charge in [0, 0.05) is 40.2 Å². The van der Waals surface area contributed by atoms with Gasteiger partial charge < -0.3 is 15.2 Å². The standard InChI is InChI=1S/C20H18N4O4S/c1-12-6-7-13(8-17(12)24(27)28)22-19(25)18-10-29-11-23(18)20(26)15-9-21-16-5-3-2-4-14(15)16/h2-9,18,21H,10-11H2,1H3,(H,22,25). The van der Waals surface area contributed by atoms with Gasteiger partial charge in [0.25, 0.3) is 11.6 Å². The highest BCUT2D eigenvalue weighted by molar-refractivity contribution is 7.99. The molecule has 0 bridgehead atoms. The Kier molecular flexibility index (Phi) is 4.98. The number of aromatic nitrogens is 1. The van der Waals surface area contributed by atoms with Crippen molar-refractivity contribution in [2.75, 3.05) is 16.9 Å². The number of para-hydroxylation sites is 1. The number of hydrogen-bond donors (Lipinski definition) is 2. The molecule has 0 spiro atoms. The van der Waals surface area contributed by atoms with Crippen LogP contribution in [0.15, 0.2) is 48.7 Å². The van der Waals surface area contributed by atoms with Crippen LogP contribution in [0.5, 0.6) is 0 Å². The van der Waals surface area contributed by atoms with Crippen LogP contribution in [0.4, 0.5) is 11.4 Å². The molecule has 1 aliphatic heterocycles. The van der Waals surface area contributed by atoms with Crippen LogP contribution in [-0.2, 0) is 4.79 Å². The van der Waals surface area contributed by atoms with Gasteiger partial charge in [0.15, 0.2) is 0 Å². The molecule has 2 N–H and O–H groups in total. The van der Waals surface area contributed by atoms with Crippen LogP contribution in [0.1, 0.15) is 15.9 Å². The molecule has 148 valence electrons. The van der Waals surface area contributed by atoms with Gasteiger partial charge in [-0.15, -0.1) is 11.8 Å². The number of thioether (sulfide) groups is 1. The van der Waals surface area contributed by atoms with Crippen molar-refractivity contribution in [2.45, 2.75) is 13.0 Å². The number of nitro groups is 1. The highest BCUT2D eigenvalue weighted by Crippen LogP contribution is 2.28. The van der Waals surface area contributed by atoms with Gasteiger partial charge in [0.05, 0.1) is 16.4 Å². The molecule has 8 nitrogen and oxygen atoms in total. The van der Waals surface area contributed by atoms with E-state index in [9.17, 15) is 19.7 Å². The van der Waals surface area contributed by atoms with E-state index in [1.165, 1.54) is 22.7 Å². The highest BCUT2D eigenvalue weighted by Gasteiger charge is 2.36. The lowest BCUT2D eigenvalue weighted by Crippen LogP contribution is -2.44. The van der Waals surface area contributed by atoms with E-state index in [4.69, 9.17) is 0 Å². The van der Waals surface area contributed by atoms with Gasteiger partial charge in [-0.1, -0.05) is 24.3 Å². The number of aromatic amines is 1. The number of nitrogens with one attached hydrogen (secondary N) is 2. The molecular weight excluding hydrogens is 392 g/mol. The number of benzene rings is 2. The third-order valence-corrected chi connectivity index (χ3v) is 5.95. The van der Waals surface area contributed by atoms with E-state index in [2.05, 4.69) is 10.3 Å². The zero-order valence-electron chi connectivity index (χ0n) is 15.5. The fraction of sp³-hybridized carbons (Fsp3) is 0.200. The van der Waals surface area contributed by atoms with E-state index in [1.807, 2.05) is 24.3 Å². The van der Waals surface area contributed by atoms with E-state index < -0.39 is 11.0 Å². The molecule has 29 heavy (non-hydrogen) atoms. The van der Waals surface area contributed by atoms with E-state index in [0.29, 0.717) is 28.4 Å². The van der Waals surface area contributed by atoms with Crippen LogP contribution in [0, 0.1) is 17.0 Å². The first-order valence-corrected chi connectivity index (χ1v) is 10.1. The summed E-state index contributed by atoms with van der Waals surface area (Å²) in [5.41, 5.74) is 2.17. The van der Waals surface area contributed by atoms with Crippen LogP contribution < -0.4 is 5.32 Å². The third-order valence-electron chi connectivity index (χ3n) is 4.94. The van der Waals surface area contributed by atoms with Crippen molar-refractivity contribution in [3.05, 3.63) is 69.9 Å². The van der Waals surface area contributed by atoms with E-state index in [-0.39, 0.29) is 17.5 Å². The minimum atomic E-state index is -0.651. The molecule has 1 unspecified atom stereocenters. The summed E-state index contributed by atoms with van der Waals surface area (Å²) in [6.07, 6.45) is 1.66. The first-order valence-electron chi connectivity index (χ1n) is 8.96. The fourth-order valence-electron chi connectivity index (χ4n) is 3.37. The van der Waals surface area contributed by atoms with Gasteiger partial charge in [-0.2, -0.15) is 0 Å². The zero-order valence-corrected chi connectivity index (χ0v) is 16.4. The molecule has 2 heterocycles. The SMILES string of the molecule is Cc1ccc(NC(=O)C2CSCN2C(=O)c2c[nH]c3ccccc23)cc1[N+](=O)[O-]. The number of carbonyl (C=O) groups excluding carboxylic acids is 2. The fourth-order valence-corrected chi connectivity index (χ4v) is 4.53. The maximum atomic E-state index is 13.1. The highest BCUT2D eigenvalue weighted by atomic mass is 32.2. The molecular formula is C20H18N4O4S. The summed E-state index contributed by atoms with van der Waals surface area (Å²) < 4.78 is 0. The van der Waals surface area contributed by atoms with Crippen molar-refractivity contribution in [3.63, 3.8) is 0 Å². The predicted octanol–water partition coefficient (Wildman–Crippen LogP) is 3.54. The summed E-state index contributed by atoms with van der Waals surface area (Å²) in [6.45, 7) is 1.64. The van der Waals surface area contributed by atoms with Crippen molar-refractivity contribution < 1.29 is 14.5 Å². The number of rotatable bonds is 4. The number of H-pyrrole nitrogens is 1. The minimum Gasteiger partial charge on any atom is -0.360 e. The molecule has 0 radical (unpaired) electrons. The van der Waals surface area contributed by atoms with Crippen LogP contribution in [-0.4, -0.2) is 44.3 Å². The Morgan fingerprint density at radius 2 is 2.07 bits per heavy atom. The van der Waals surface area contributed by atoms with Gasteiger partial charge in [-0.05, 0) is 19.1 Å². The molecule has 1 aromatic heterocycles. The lowest BCUT2D eigenvalue weighted by molar-refractivity contribution is -0.385. The van der Waals surface area contributed by atoms with Crippen molar-refractivity contribution in [1.29, 1.82) is 0 Å². The van der Waals surface area contributed by atoms with Gasteiger partial charge in [0.2, 0.25) is 5.91 Å². The summed E-state index contributed by atoms with van der Waals surface area (Å²) in [7, 11) is 0. The Labute approximate surface area is 170 Å². The molecule has 9 heteroatoms. The first kappa shape index (κ1) is 19.0. The van der Waals surface area contributed by atoms with Gasteiger partial charge >= 0.3 is 0 Å². The van der Waals surface area contributed by atoms with Crippen molar-refractivity contribution in [1.82, 2.24) is 9.88 Å². The quantitative estimate of drug-likeness (QED) is 0.505. The number of fused-ring (bicyclic) bond motifs is 1. The zero-order chi connectivity index (χ0) is 20.5. The summed E-state index contributed by atoms with van der Waals surface area (Å²) in [4.78, 5) is 41.2. The van der Waals surface area contributed by atoms with E-state index in [1.54, 1.807) is 25.3 Å². The molecule has 1 aliphatic rings. The predicted molar refractivity (Wildman–Crippen MR) is 112 cm³/mol. The number of nitrogens with zero attached hydrogens (tertiary/aromatic N) is 2. The van der Waals surface area contributed by atoms with Gasteiger partial charge in [-0.3, -0.25) is 19.7 Å². The molecule has 2 aromatic carbocycles. The lowest BCUT2D eigenvalue weighted by Gasteiger charge is -2.23. The summed E-state index contributed by atoms with van der Waals surface area (Å²) >= 11 is 1.50. The monoisotopic (exact) mass is 410 g/mol. The average molecular weight is 410 g/mol. The topological polar surface area (TPSA) is 108 Å². The largest absolute Gasteiger partial charge is 0.360 e. The van der Waals surface area contributed by atoms with Crippen molar-refractivity contribution in [3.8, 4) is 0 Å². The minimum absolute atomic E-state index is 0.0599. The van der Waals surface area contributed by atoms with Crippen LogP contribution in [0.3, 0.4) is 0 Å². The first-order chi connectivity index (χ1) is 14.0. The smallest absolute Gasteiger partial charge is 0.274 e. The molecule has 0 saturated carbocycles. The number of carbonyl (C=O) groups is 2. The summed E-state index contributed by atoms with van der Waals surface area (Å²) in [6, 6.07) is 11.4. The number of aryl methyl sites for hydroxylation is 1. The Bertz CT molecular complexity index is 1130. The summed E-state index contributed by atoms with van der Waals surface area (Å²) in [5, 5.41) is 14.7. The number of hydrogen-bond acceptors (Lipinski definition) is 5. The maximum absolute atomic E-state index is 13.1. The van der Waals surface area contributed by atoms with E-state index in [0.717, 1.165) is 10.9 Å². The lowest BCUT2D eigenvalue weighted by atomic mass is 10.1. The van der Waals surface area contributed by atoms with E-state index >= 15 is 0 Å². The van der Waals surface area contributed by atoms with Crippen molar-refractivity contribution >= 4 is 45.9 Å². The third kappa shape index (κ3) is 3.56. The maximum Gasteiger partial charge on any atom is 0.274 e. The Morgan fingerprint density at radius 1 is 1.28 bits per heavy atom. The number of nitro benzene ring substituents is 1. The Balaban J connectivity index is 1.55. The summed E-state index contributed by atoms with van der Waals surface area (Å²) in [5.74, 6) is 0.294. The number of anilines is 1. The molecule has 4 rings (SSSR count). The normalized spacial score (nSPS) is 16.2. The molecule has 2 amide bonds. The second-order valence-electron chi connectivity index (χ2n) is 6.79. The molecule has 0 aliphatic carbocycles. The molecule has 1 fully saturated rings. The van der Waals surface area contributed by atoms with Crippen LogP contribution in [0.25, 0.3) is 10.9 Å². The average Bonchev–Trinajstić information content (AvgIpc) is 3.36. The second kappa shape index (κ2) is 7.59. The number of amides is 2.